The van der Waals surface area contributed by atoms with E-state index >= 15 is 0 Å². The minimum Gasteiger partial charge on any atom is -0.473 e. The quantitative estimate of drug-likeness (QED) is 0.678. The molecule has 0 spiro atoms. The summed E-state index contributed by atoms with van der Waals surface area (Å²) in [6.07, 6.45) is 6.27. The number of carboxylic acids is 2. The largest absolute Gasteiger partial charge is 0.473 e. The van der Waals surface area contributed by atoms with Crippen LogP contribution in [-0.4, -0.2) is 33.7 Å². The molecule has 1 aromatic heterocycles. The van der Waals surface area contributed by atoms with Crippen LogP contribution in [-0.2, 0) is 9.59 Å². The summed E-state index contributed by atoms with van der Waals surface area (Å²) in [4.78, 5) is 22.3. The van der Waals surface area contributed by atoms with Gasteiger partial charge in [-0.1, -0.05) is 0 Å². The molecule has 0 radical (unpaired) electrons. The van der Waals surface area contributed by atoms with E-state index in [9.17, 15) is 0 Å². The minimum atomic E-state index is -1.82. The fourth-order valence-electron chi connectivity index (χ4n) is 1.59. The second-order valence-electron chi connectivity index (χ2n) is 3.70. The number of hydrogen-bond acceptors (Lipinski definition) is 4. The van der Waals surface area contributed by atoms with Gasteiger partial charge in [0.1, 0.15) is 0 Å². The molecule has 0 amide bonds. The number of rotatable bonds is 1. The summed E-state index contributed by atoms with van der Waals surface area (Å²) in [5.74, 6) is -3.65. The Kier molecular flexibility index (Phi) is 5.73. The molecule has 98 valence electrons. The number of hydrogen-bond donors (Lipinski definition) is 3. The highest BCUT2D eigenvalue weighted by Crippen LogP contribution is 2.23. The number of nitrogens with zero attached hydrogens (tertiary/aromatic N) is 1. The maximum Gasteiger partial charge on any atom is 0.414 e. The van der Waals surface area contributed by atoms with Crippen molar-refractivity contribution >= 4 is 27.9 Å². The van der Waals surface area contributed by atoms with Gasteiger partial charge in [-0.2, -0.15) is 0 Å². The SMILES string of the molecule is Brc1cncc([C@@H]2CCCN2)c1.O=C(O)C(=O)O. The lowest BCUT2D eigenvalue weighted by Crippen LogP contribution is -2.12. The summed E-state index contributed by atoms with van der Waals surface area (Å²) >= 11 is 3.42. The molecular formula is C11H13BrN2O4. The number of pyridine rings is 1. The van der Waals surface area contributed by atoms with Crippen LogP contribution in [0, 0.1) is 0 Å². The van der Waals surface area contributed by atoms with E-state index in [1.807, 2.05) is 12.4 Å². The van der Waals surface area contributed by atoms with Gasteiger partial charge in [-0.05, 0) is 46.9 Å². The van der Waals surface area contributed by atoms with Crippen LogP contribution in [0.15, 0.2) is 22.9 Å². The first-order valence-electron chi connectivity index (χ1n) is 5.30. The molecule has 1 aromatic rings. The van der Waals surface area contributed by atoms with Crippen LogP contribution in [0.25, 0.3) is 0 Å². The van der Waals surface area contributed by atoms with Gasteiger partial charge >= 0.3 is 11.9 Å². The molecular weight excluding hydrogens is 304 g/mol. The monoisotopic (exact) mass is 316 g/mol. The highest BCUT2D eigenvalue weighted by Gasteiger charge is 2.15. The molecule has 18 heavy (non-hydrogen) atoms. The first-order chi connectivity index (χ1) is 8.50. The number of nitrogens with one attached hydrogen (secondary N) is 1. The van der Waals surface area contributed by atoms with Gasteiger partial charge in [0.2, 0.25) is 0 Å². The fourth-order valence-corrected chi connectivity index (χ4v) is 1.97. The van der Waals surface area contributed by atoms with Crippen molar-refractivity contribution in [2.45, 2.75) is 18.9 Å². The summed E-state index contributed by atoms with van der Waals surface area (Å²) in [7, 11) is 0. The Morgan fingerprint density at radius 1 is 1.33 bits per heavy atom. The maximum absolute atomic E-state index is 9.10. The van der Waals surface area contributed by atoms with Crippen molar-refractivity contribution in [1.29, 1.82) is 0 Å². The first kappa shape index (κ1) is 14.6. The van der Waals surface area contributed by atoms with Crippen molar-refractivity contribution in [3.05, 3.63) is 28.5 Å². The number of carboxylic acid groups (broad SMARTS) is 2. The third-order valence-electron chi connectivity index (χ3n) is 2.37. The van der Waals surface area contributed by atoms with E-state index < -0.39 is 11.9 Å². The van der Waals surface area contributed by atoms with Crippen LogP contribution < -0.4 is 5.32 Å². The lowest BCUT2D eigenvalue weighted by molar-refractivity contribution is -0.159. The van der Waals surface area contributed by atoms with Crippen LogP contribution in [0.3, 0.4) is 0 Å². The first-order valence-corrected chi connectivity index (χ1v) is 6.10. The molecule has 6 nitrogen and oxygen atoms in total. The Labute approximate surface area is 112 Å². The molecule has 1 aliphatic heterocycles. The second kappa shape index (κ2) is 7.07. The highest BCUT2D eigenvalue weighted by atomic mass is 79.9. The third-order valence-corrected chi connectivity index (χ3v) is 2.81. The van der Waals surface area contributed by atoms with Crippen molar-refractivity contribution < 1.29 is 19.8 Å². The molecule has 0 saturated carbocycles. The zero-order chi connectivity index (χ0) is 13.5. The van der Waals surface area contributed by atoms with Crippen molar-refractivity contribution in [3.8, 4) is 0 Å². The summed E-state index contributed by atoms with van der Waals surface area (Å²) in [5, 5.41) is 18.2. The Morgan fingerprint density at radius 2 is 2.00 bits per heavy atom. The number of aliphatic carboxylic acids is 2. The summed E-state index contributed by atoms with van der Waals surface area (Å²) in [5.41, 5.74) is 1.29. The maximum atomic E-state index is 9.10. The predicted octanol–water partition coefficient (Wildman–Crippen LogP) is 1.42. The molecule has 0 unspecified atom stereocenters. The average molecular weight is 317 g/mol. The smallest absolute Gasteiger partial charge is 0.414 e. The average Bonchev–Trinajstić information content (AvgIpc) is 2.83. The standard InChI is InChI=1S/C9H11BrN2.C2H2O4/c10-8-4-7(5-11-6-8)9-2-1-3-12-9;3-1(4)2(5)6/h4-6,9,12H,1-3H2;(H,3,4)(H,5,6)/t9-;/m0./s1. The molecule has 2 rings (SSSR count). The van der Waals surface area contributed by atoms with Gasteiger partial charge in [0.15, 0.2) is 0 Å². The van der Waals surface area contributed by atoms with E-state index in [0.29, 0.717) is 6.04 Å². The Balaban J connectivity index is 0.000000232. The fraction of sp³-hybridized carbons (Fsp3) is 0.364. The van der Waals surface area contributed by atoms with Crippen LogP contribution in [0.2, 0.25) is 0 Å². The summed E-state index contributed by atoms with van der Waals surface area (Å²) in [6, 6.07) is 2.66. The number of halogens is 1. The van der Waals surface area contributed by atoms with E-state index in [1.54, 1.807) is 0 Å². The van der Waals surface area contributed by atoms with E-state index in [0.717, 1.165) is 11.0 Å². The molecule has 2 heterocycles. The Morgan fingerprint density at radius 3 is 2.44 bits per heavy atom. The molecule has 1 saturated heterocycles. The molecule has 1 aliphatic rings. The van der Waals surface area contributed by atoms with Gasteiger partial charge in [0.25, 0.3) is 0 Å². The highest BCUT2D eigenvalue weighted by molar-refractivity contribution is 9.10. The van der Waals surface area contributed by atoms with Crippen LogP contribution in [0.5, 0.6) is 0 Å². The van der Waals surface area contributed by atoms with E-state index in [-0.39, 0.29) is 0 Å². The van der Waals surface area contributed by atoms with Gasteiger partial charge in [-0.15, -0.1) is 0 Å². The number of aromatic nitrogens is 1. The molecule has 1 atom stereocenters. The van der Waals surface area contributed by atoms with Crippen LogP contribution in [0.1, 0.15) is 24.4 Å². The summed E-state index contributed by atoms with van der Waals surface area (Å²) in [6.45, 7) is 1.14. The molecule has 0 aromatic carbocycles. The van der Waals surface area contributed by atoms with Crippen molar-refractivity contribution in [2.75, 3.05) is 6.54 Å². The van der Waals surface area contributed by atoms with Crippen molar-refractivity contribution in [2.24, 2.45) is 0 Å². The summed E-state index contributed by atoms with van der Waals surface area (Å²) < 4.78 is 1.06. The normalized spacial score (nSPS) is 17.7. The van der Waals surface area contributed by atoms with E-state index in [4.69, 9.17) is 19.8 Å². The molecule has 7 heteroatoms. The predicted molar refractivity (Wildman–Crippen MR) is 67.2 cm³/mol. The Hall–Kier alpha value is -1.47. The lowest BCUT2D eigenvalue weighted by atomic mass is 10.1. The topological polar surface area (TPSA) is 99.5 Å². The van der Waals surface area contributed by atoms with E-state index in [1.165, 1.54) is 18.4 Å². The van der Waals surface area contributed by atoms with Crippen molar-refractivity contribution in [1.82, 2.24) is 10.3 Å². The van der Waals surface area contributed by atoms with Crippen LogP contribution in [0.4, 0.5) is 0 Å². The third kappa shape index (κ3) is 4.80. The minimum absolute atomic E-state index is 0.523. The van der Waals surface area contributed by atoms with Gasteiger partial charge in [0, 0.05) is 22.9 Å². The lowest BCUT2D eigenvalue weighted by Gasteiger charge is -2.09. The molecule has 0 aliphatic carbocycles. The molecule has 1 fully saturated rings. The van der Waals surface area contributed by atoms with Crippen molar-refractivity contribution in [3.63, 3.8) is 0 Å². The van der Waals surface area contributed by atoms with Crippen LogP contribution >= 0.6 is 15.9 Å². The second-order valence-corrected chi connectivity index (χ2v) is 4.61. The van der Waals surface area contributed by atoms with E-state index in [2.05, 4.69) is 32.3 Å². The van der Waals surface area contributed by atoms with Gasteiger partial charge in [-0.3, -0.25) is 4.98 Å². The van der Waals surface area contributed by atoms with Gasteiger partial charge in [-0.25, -0.2) is 9.59 Å². The number of carbonyl (C=O) groups is 2. The zero-order valence-corrected chi connectivity index (χ0v) is 11.1. The molecule has 3 N–H and O–H groups in total. The Bertz CT molecular complexity index is 421. The van der Waals surface area contributed by atoms with Gasteiger partial charge in [0.05, 0.1) is 0 Å². The van der Waals surface area contributed by atoms with Gasteiger partial charge < -0.3 is 15.5 Å². The molecule has 0 bridgehead atoms. The zero-order valence-electron chi connectivity index (χ0n) is 9.47.